The molecule has 2 amide bonds. The van der Waals surface area contributed by atoms with Crippen LogP contribution in [0.4, 0.5) is 4.79 Å². The number of rotatable bonds is 12. The minimum atomic E-state index is -0.801. The molecule has 1 aromatic heterocycles. The van der Waals surface area contributed by atoms with Gasteiger partial charge in [0.2, 0.25) is 0 Å². The number of hydrazone groups is 1. The molecule has 6 aromatic rings. The van der Waals surface area contributed by atoms with Crippen LogP contribution >= 0.6 is 0 Å². The first kappa shape index (κ1) is 36.0. The minimum absolute atomic E-state index is 0.0425. The summed E-state index contributed by atoms with van der Waals surface area (Å²) in [6, 6.07) is 40.7. The zero-order valence-electron chi connectivity index (χ0n) is 30.5. The van der Waals surface area contributed by atoms with E-state index in [9.17, 15) is 14.4 Å². The van der Waals surface area contributed by atoms with Crippen molar-refractivity contribution in [3.8, 4) is 11.1 Å². The van der Waals surface area contributed by atoms with Crippen LogP contribution in [0.2, 0.25) is 0 Å². The van der Waals surface area contributed by atoms with Crippen molar-refractivity contribution in [2.24, 2.45) is 11.0 Å². The number of benzene rings is 5. The summed E-state index contributed by atoms with van der Waals surface area (Å²) in [7, 11) is 0. The zero-order valence-corrected chi connectivity index (χ0v) is 30.5. The van der Waals surface area contributed by atoms with Crippen molar-refractivity contribution in [3.63, 3.8) is 0 Å². The fourth-order valence-corrected chi connectivity index (χ4v) is 6.80. The van der Waals surface area contributed by atoms with Crippen molar-refractivity contribution < 1.29 is 23.9 Å². The summed E-state index contributed by atoms with van der Waals surface area (Å²) in [5, 5.41) is 5.38. The van der Waals surface area contributed by atoms with Gasteiger partial charge in [-0.2, -0.15) is 5.10 Å². The number of fused-ring (bicyclic) bond motifs is 1. The smallest absolute Gasteiger partial charge is 0.438 e. The van der Waals surface area contributed by atoms with Crippen LogP contribution < -0.4 is 0 Å². The molecule has 1 atom stereocenters. The van der Waals surface area contributed by atoms with Crippen molar-refractivity contribution in [3.05, 3.63) is 161 Å². The molecule has 5 aromatic carbocycles. The van der Waals surface area contributed by atoms with Crippen LogP contribution in [-0.4, -0.2) is 38.2 Å². The summed E-state index contributed by atoms with van der Waals surface area (Å²) in [5.74, 6) is -0.0327. The monoisotopic (exact) mass is 718 g/mol. The number of imide groups is 1. The molecule has 1 unspecified atom stereocenters. The normalized spacial score (nSPS) is 14.2. The molecule has 0 radical (unpaired) electrons. The van der Waals surface area contributed by atoms with E-state index in [0.717, 1.165) is 74.5 Å². The molecule has 1 aliphatic heterocycles. The van der Waals surface area contributed by atoms with E-state index in [4.69, 9.17) is 14.5 Å². The maximum Gasteiger partial charge on any atom is 0.438 e. The van der Waals surface area contributed by atoms with E-state index >= 15 is 0 Å². The van der Waals surface area contributed by atoms with Gasteiger partial charge >= 0.3 is 12.1 Å². The molecule has 0 spiro atoms. The molecule has 0 saturated carbocycles. The van der Waals surface area contributed by atoms with Gasteiger partial charge in [0.15, 0.2) is 0 Å². The lowest BCUT2D eigenvalue weighted by atomic mass is 9.93. The summed E-state index contributed by atoms with van der Waals surface area (Å²) in [4.78, 5) is 44.5. The molecule has 2 heterocycles. The maximum absolute atomic E-state index is 13.4. The van der Waals surface area contributed by atoms with Crippen LogP contribution in [0.25, 0.3) is 22.2 Å². The van der Waals surface area contributed by atoms with Crippen LogP contribution in [0, 0.1) is 5.92 Å². The standard InChI is InChI=1S/C45H42N4O5/c1-3-4-23-41-46-39-27-34(43-31(2)26-42(50)49(47-43)45(52)54-30-33-17-9-6-10-18-33)24-25-40(39)48(41)28-35-19-11-12-20-36(35)37-21-13-14-22-38(37)44(51)53-29-32-15-7-5-8-16-32/h5-22,24-25,27,31H,3-4,23,26,28-30H2,1-2H3. The third-order valence-corrected chi connectivity index (χ3v) is 9.64. The molecule has 0 fully saturated rings. The van der Waals surface area contributed by atoms with Crippen molar-refractivity contribution in [1.82, 2.24) is 14.6 Å². The van der Waals surface area contributed by atoms with E-state index < -0.39 is 12.0 Å². The summed E-state index contributed by atoms with van der Waals surface area (Å²) in [6.07, 6.45) is 2.11. The van der Waals surface area contributed by atoms with Crippen molar-refractivity contribution in [1.29, 1.82) is 0 Å². The molecule has 0 saturated heterocycles. The first-order valence-corrected chi connectivity index (χ1v) is 18.4. The third-order valence-electron chi connectivity index (χ3n) is 9.64. The molecule has 1 aliphatic rings. The van der Waals surface area contributed by atoms with Gasteiger partial charge in [0.25, 0.3) is 5.91 Å². The van der Waals surface area contributed by atoms with Gasteiger partial charge in [0.1, 0.15) is 19.0 Å². The first-order valence-electron chi connectivity index (χ1n) is 18.4. The number of carbonyl (C=O) groups is 3. The summed E-state index contributed by atoms with van der Waals surface area (Å²) >= 11 is 0. The van der Waals surface area contributed by atoms with E-state index in [1.807, 2.05) is 128 Å². The molecule has 7 rings (SSSR count). The van der Waals surface area contributed by atoms with Crippen LogP contribution in [0.1, 0.15) is 71.5 Å². The van der Waals surface area contributed by atoms with Crippen LogP contribution in [0.3, 0.4) is 0 Å². The molecule has 0 N–H and O–H groups in total. The second kappa shape index (κ2) is 16.5. The Hall–Kier alpha value is -6.35. The highest BCUT2D eigenvalue weighted by Gasteiger charge is 2.33. The number of nitrogens with zero attached hydrogens (tertiary/aromatic N) is 4. The van der Waals surface area contributed by atoms with Crippen LogP contribution in [-0.2, 0) is 40.4 Å². The number of unbranched alkanes of at least 4 members (excludes halogenated alkanes) is 1. The predicted molar refractivity (Wildman–Crippen MR) is 209 cm³/mol. The number of hydrogen-bond acceptors (Lipinski definition) is 7. The van der Waals surface area contributed by atoms with Crippen molar-refractivity contribution >= 4 is 34.7 Å². The number of ether oxygens (including phenoxy) is 2. The fourth-order valence-electron chi connectivity index (χ4n) is 6.80. The number of hydrogen-bond donors (Lipinski definition) is 0. The largest absolute Gasteiger partial charge is 0.457 e. The predicted octanol–water partition coefficient (Wildman–Crippen LogP) is 9.36. The molecular formula is C45H42N4O5. The Balaban J connectivity index is 1.18. The Labute approximate surface area is 314 Å². The fraction of sp³-hybridized carbons (Fsp3) is 0.222. The van der Waals surface area contributed by atoms with Crippen molar-refractivity contribution in [2.75, 3.05) is 0 Å². The van der Waals surface area contributed by atoms with Crippen LogP contribution in [0.5, 0.6) is 0 Å². The third kappa shape index (κ3) is 8.00. The van der Waals surface area contributed by atoms with E-state index in [1.165, 1.54) is 0 Å². The number of amides is 2. The number of aromatic nitrogens is 2. The van der Waals surface area contributed by atoms with Gasteiger partial charge in [0.05, 0.1) is 22.3 Å². The molecular weight excluding hydrogens is 677 g/mol. The average Bonchev–Trinajstić information content (AvgIpc) is 3.55. The van der Waals surface area contributed by atoms with Gasteiger partial charge in [-0.15, -0.1) is 5.01 Å². The number of imidazole rings is 1. The van der Waals surface area contributed by atoms with Gasteiger partial charge < -0.3 is 14.0 Å². The highest BCUT2D eigenvalue weighted by Crippen LogP contribution is 2.31. The molecule has 0 bridgehead atoms. The van der Waals surface area contributed by atoms with E-state index in [0.29, 0.717) is 17.8 Å². The van der Waals surface area contributed by atoms with Gasteiger partial charge in [-0.3, -0.25) is 4.79 Å². The summed E-state index contributed by atoms with van der Waals surface area (Å²) in [6.45, 7) is 4.86. The Morgan fingerprint density at radius 2 is 1.43 bits per heavy atom. The Kier molecular flexibility index (Phi) is 11.0. The zero-order chi connectivity index (χ0) is 37.4. The minimum Gasteiger partial charge on any atom is -0.457 e. The Morgan fingerprint density at radius 3 is 2.15 bits per heavy atom. The average molecular weight is 719 g/mol. The van der Waals surface area contributed by atoms with Crippen LogP contribution in [0.15, 0.2) is 132 Å². The van der Waals surface area contributed by atoms with E-state index in [2.05, 4.69) is 22.7 Å². The lowest BCUT2D eigenvalue weighted by Crippen LogP contribution is -2.40. The molecule has 9 nitrogen and oxygen atoms in total. The Bertz CT molecular complexity index is 2320. The SMILES string of the molecule is CCCCc1nc2cc(C3=NN(C(=O)OCc4ccccc4)C(=O)CC3C)ccc2n1Cc1ccccc1-c1ccccc1C(=O)OCc1ccccc1. The van der Waals surface area contributed by atoms with Gasteiger partial charge in [-0.05, 0) is 52.4 Å². The van der Waals surface area contributed by atoms with E-state index in [1.54, 1.807) is 0 Å². The highest BCUT2D eigenvalue weighted by molar-refractivity contribution is 6.09. The Morgan fingerprint density at radius 1 is 0.778 bits per heavy atom. The number of esters is 1. The number of aryl methyl sites for hydroxylation is 1. The van der Waals surface area contributed by atoms with Gasteiger partial charge in [-0.25, -0.2) is 14.6 Å². The lowest BCUT2D eigenvalue weighted by molar-refractivity contribution is -0.130. The topological polar surface area (TPSA) is 103 Å². The van der Waals surface area contributed by atoms with Gasteiger partial charge in [-0.1, -0.05) is 129 Å². The van der Waals surface area contributed by atoms with E-state index in [-0.39, 0.29) is 31.5 Å². The summed E-state index contributed by atoms with van der Waals surface area (Å²) in [5.41, 5.74) is 8.20. The maximum atomic E-state index is 13.4. The second-order valence-corrected chi connectivity index (χ2v) is 13.5. The molecule has 0 aliphatic carbocycles. The molecule has 9 heteroatoms. The lowest BCUT2D eigenvalue weighted by Gasteiger charge is -2.25. The number of carbonyl (C=O) groups excluding carboxylic acids is 3. The summed E-state index contributed by atoms with van der Waals surface area (Å²) < 4.78 is 13.5. The highest BCUT2D eigenvalue weighted by atomic mass is 16.6. The molecule has 54 heavy (non-hydrogen) atoms. The molecule has 272 valence electrons. The van der Waals surface area contributed by atoms with Gasteiger partial charge in [0, 0.05) is 30.9 Å². The quantitative estimate of drug-likeness (QED) is 0.117. The van der Waals surface area contributed by atoms with Crippen molar-refractivity contribution in [2.45, 2.75) is 59.3 Å². The second-order valence-electron chi connectivity index (χ2n) is 13.5. The first-order chi connectivity index (χ1) is 26.4.